The Morgan fingerprint density at radius 2 is 2.17 bits per heavy atom. The lowest BCUT2D eigenvalue weighted by Crippen LogP contribution is -1.95. The van der Waals surface area contributed by atoms with E-state index in [2.05, 4.69) is 5.32 Å². The lowest BCUT2D eigenvalue weighted by atomic mass is 10.1. The molecule has 12 heavy (non-hydrogen) atoms. The van der Waals surface area contributed by atoms with Gasteiger partial charge in [0.1, 0.15) is 5.82 Å². The van der Waals surface area contributed by atoms with E-state index in [1.807, 2.05) is 6.92 Å². The highest BCUT2D eigenvalue weighted by atomic mass is 35.5. The van der Waals surface area contributed by atoms with Crippen LogP contribution in [0.4, 0.5) is 10.1 Å². The van der Waals surface area contributed by atoms with E-state index in [1.165, 1.54) is 6.07 Å². The number of rotatable bonds is 2. The Balaban J connectivity index is 3.19. The Kier molecular flexibility index (Phi) is 2.93. The summed E-state index contributed by atoms with van der Waals surface area (Å²) in [6, 6.07) is 3.07. The summed E-state index contributed by atoms with van der Waals surface area (Å²) < 4.78 is 12.9. The van der Waals surface area contributed by atoms with Crippen LogP contribution in [0.1, 0.15) is 12.5 Å². The highest BCUT2D eigenvalue weighted by molar-refractivity contribution is 6.31. The van der Waals surface area contributed by atoms with E-state index in [0.29, 0.717) is 0 Å². The molecule has 1 aromatic rings. The van der Waals surface area contributed by atoms with Crippen molar-refractivity contribution >= 4 is 17.3 Å². The lowest BCUT2D eigenvalue weighted by molar-refractivity contribution is 0.626. The van der Waals surface area contributed by atoms with Crippen molar-refractivity contribution in [2.75, 3.05) is 12.4 Å². The summed E-state index contributed by atoms with van der Waals surface area (Å²) in [6.07, 6.45) is 0.796. The van der Waals surface area contributed by atoms with Crippen molar-refractivity contribution in [3.05, 3.63) is 28.5 Å². The molecule has 0 unspecified atom stereocenters. The topological polar surface area (TPSA) is 12.0 Å². The summed E-state index contributed by atoms with van der Waals surface area (Å²) in [7, 11) is 1.79. The predicted molar refractivity (Wildman–Crippen MR) is 50.3 cm³/mol. The van der Waals surface area contributed by atoms with Gasteiger partial charge in [-0.05, 0) is 24.1 Å². The van der Waals surface area contributed by atoms with Crippen molar-refractivity contribution in [1.29, 1.82) is 0 Å². The molecule has 0 atom stereocenters. The highest BCUT2D eigenvalue weighted by Gasteiger charge is 2.05. The second kappa shape index (κ2) is 3.76. The maximum absolute atomic E-state index is 12.9. The second-order valence-corrected chi connectivity index (χ2v) is 2.93. The molecule has 66 valence electrons. The molecule has 3 heteroatoms. The van der Waals surface area contributed by atoms with Crippen molar-refractivity contribution in [3.8, 4) is 0 Å². The second-order valence-electron chi connectivity index (χ2n) is 2.53. The zero-order chi connectivity index (χ0) is 9.14. The fraction of sp³-hybridized carbons (Fsp3) is 0.333. The normalized spacial score (nSPS) is 10.0. The third-order valence-electron chi connectivity index (χ3n) is 1.80. The molecule has 1 N–H and O–H groups in total. The van der Waals surface area contributed by atoms with E-state index < -0.39 is 0 Å². The molecule has 1 rings (SSSR count). The van der Waals surface area contributed by atoms with Gasteiger partial charge in [0.25, 0.3) is 0 Å². The minimum atomic E-state index is -0.354. The van der Waals surface area contributed by atoms with Crippen molar-refractivity contribution in [1.82, 2.24) is 0 Å². The molecule has 1 nitrogen and oxygen atoms in total. The van der Waals surface area contributed by atoms with Gasteiger partial charge in [-0.3, -0.25) is 0 Å². The summed E-state index contributed by atoms with van der Waals surface area (Å²) in [5.41, 5.74) is 1.84. The van der Waals surface area contributed by atoms with Crippen molar-refractivity contribution in [3.63, 3.8) is 0 Å². The van der Waals surface area contributed by atoms with Gasteiger partial charge in [-0.25, -0.2) is 4.39 Å². The molecule has 0 amide bonds. The van der Waals surface area contributed by atoms with Gasteiger partial charge in [-0.1, -0.05) is 18.5 Å². The Labute approximate surface area is 76.5 Å². The van der Waals surface area contributed by atoms with Gasteiger partial charge in [-0.15, -0.1) is 0 Å². The van der Waals surface area contributed by atoms with Crippen LogP contribution in [0.15, 0.2) is 12.1 Å². The fourth-order valence-electron chi connectivity index (χ4n) is 1.11. The molecular weight excluding hydrogens is 177 g/mol. The van der Waals surface area contributed by atoms with E-state index in [-0.39, 0.29) is 10.8 Å². The molecule has 0 aromatic heterocycles. The smallest absolute Gasteiger partial charge is 0.142 e. The molecule has 0 aliphatic rings. The van der Waals surface area contributed by atoms with Crippen LogP contribution < -0.4 is 5.32 Å². The number of hydrogen-bond donors (Lipinski definition) is 1. The average molecular weight is 188 g/mol. The van der Waals surface area contributed by atoms with Crippen LogP contribution in [0, 0.1) is 5.82 Å². The van der Waals surface area contributed by atoms with Crippen molar-refractivity contribution in [2.45, 2.75) is 13.3 Å². The van der Waals surface area contributed by atoms with Crippen LogP contribution in [0.5, 0.6) is 0 Å². The third-order valence-corrected chi connectivity index (χ3v) is 2.09. The Morgan fingerprint density at radius 3 is 2.67 bits per heavy atom. The number of halogens is 2. The van der Waals surface area contributed by atoms with Gasteiger partial charge >= 0.3 is 0 Å². The Morgan fingerprint density at radius 1 is 1.50 bits per heavy atom. The molecule has 0 saturated heterocycles. The monoisotopic (exact) mass is 187 g/mol. The summed E-state index contributed by atoms with van der Waals surface area (Å²) in [5.74, 6) is -0.354. The molecule has 0 aliphatic carbocycles. The van der Waals surface area contributed by atoms with Gasteiger partial charge < -0.3 is 5.32 Å². The molecule has 1 aromatic carbocycles. The third kappa shape index (κ3) is 1.69. The summed E-state index contributed by atoms with van der Waals surface area (Å²) in [5, 5.41) is 3.13. The van der Waals surface area contributed by atoms with Crippen LogP contribution in [-0.2, 0) is 6.42 Å². The van der Waals surface area contributed by atoms with Crippen LogP contribution in [0.2, 0.25) is 5.02 Å². The van der Waals surface area contributed by atoms with Gasteiger partial charge in [0.15, 0.2) is 0 Å². The van der Waals surface area contributed by atoms with Crippen LogP contribution in [0.25, 0.3) is 0 Å². The Hall–Kier alpha value is -0.760. The van der Waals surface area contributed by atoms with Crippen LogP contribution in [-0.4, -0.2) is 7.05 Å². The first-order chi connectivity index (χ1) is 5.69. The predicted octanol–water partition coefficient (Wildman–Crippen LogP) is 3.08. The molecule has 0 radical (unpaired) electrons. The van der Waals surface area contributed by atoms with Gasteiger partial charge in [0, 0.05) is 12.7 Å². The van der Waals surface area contributed by atoms with Crippen LogP contribution >= 0.6 is 11.6 Å². The largest absolute Gasteiger partial charge is 0.388 e. The zero-order valence-corrected chi connectivity index (χ0v) is 7.87. The lowest BCUT2D eigenvalue weighted by Gasteiger charge is -2.07. The molecule has 0 bridgehead atoms. The van der Waals surface area contributed by atoms with Crippen LogP contribution in [0.3, 0.4) is 0 Å². The number of nitrogens with one attached hydrogen (secondary N) is 1. The molecule has 0 heterocycles. The first-order valence-corrected chi connectivity index (χ1v) is 4.22. The summed E-state index contributed by atoms with van der Waals surface area (Å²) in [6.45, 7) is 1.98. The molecule has 0 saturated carbocycles. The van der Waals surface area contributed by atoms with E-state index in [1.54, 1.807) is 13.1 Å². The average Bonchev–Trinajstić information content (AvgIpc) is 2.09. The number of anilines is 1. The standard InChI is InChI=1S/C9H11ClFN/c1-3-6-4-8(11)7(10)5-9(6)12-2/h4-5,12H,3H2,1-2H3. The quantitative estimate of drug-likeness (QED) is 0.751. The zero-order valence-electron chi connectivity index (χ0n) is 7.12. The maximum Gasteiger partial charge on any atom is 0.142 e. The number of benzene rings is 1. The first-order valence-electron chi connectivity index (χ1n) is 3.84. The first kappa shape index (κ1) is 9.33. The van der Waals surface area contributed by atoms with Crippen molar-refractivity contribution in [2.24, 2.45) is 0 Å². The molecule has 0 aliphatic heterocycles. The van der Waals surface area contributed by atoms with E-state index in [4.69, 9.17) is 11.6 Å². The maximum atomic E-state index is 12.9. The van der Waals surface area contributed by atoms with Gasteiger partial charge in [0.2, 0.25) is 0 Å². The van der Waals surface area contributed by atoms with Gasteiger partial charge in [0.05, 0.1) is 5.02 Å². The summed E-state index contributed by atoms with van der Waals surface area (Å²) >= 11 is 5.61. The van der Waals surface area contributed by atoms with E-state index >= 15 is 0 Å². The number of hydrogen-bond acceptors (Lipinski definition) is 1. The number of aryl methyl sites for hydroxylation is 1. The molecule has 0 spiro atoms. The van der Waals surface area contributed by atoms with E-state index in [0.717, 1.165) is 17.7 Å². The minimum Gasteiger partial charge on any atom is -0.388 e. The van der Waals surface area contributed by atoms with Gasteiger partial charge in [-0.2, -0.15) is 0 Å². The minimum absolute atomic E-state index is 0.163. The molecular formula is C9H11ClFN. The fourth-order valence-corrected chi connectivity index (χ4v) is 1.28. The van der Waals surface area contributed by atoms with Crippen molar-refractivity contribution < 1.29 is 4.39 Å². The molecule has 0 fully saturated rings. The SMILES string of the molecule is CCc1cc(F)c(Cl)cc1NC. The van der Waals surface area contributed by atoms with E-state index in [9.17, 15) is 4.39 Å². The summed E-state index contributed by atoms with van der Waals surface area (Å²) in [4.78, 5) is 0. The highest BCUT2D eigenvalue weighted by Crippen LogP contribution is 2.24. The Bertz CT molecular complexity index is 257.